The average Bonchev–Trinajstić information content (AvgIpc) is 3.24. The smallest absolute Gasteiger partial charge is 0.227 e. The second-order valence-corrected chi connectivity index (χ2v) is 8.96. The maximum atomic E-state index is 14.1. The van der Waals surface area contributed by atoms with E-state index in [1.165, 1.54) is 6.07 Å². The molecule has 5 nitrogen and oxygen atoms in total. The largest absolute Gasteiger partial charge is 0.493 e. The van der Waals surface area contributed by atoms with E-state index in [4.69, 9.17) is 4.74 Å². The molecular weight excluding hydrogens is 407 g/mol. The van der Waals surface area contributed by atoms with E-state index < -0.39 is 0 Å². The van der Waals surface area contributed by atoms with E-state index in [9.17, 15) is 14.0 Å². The Bertz CT molecular complexity index is 928. The van der Waals surface area contributed by atoms with E-state index in [1.807, 2.05) is 40.1 Å². The van der Waals surface area contributed by atoms with E-state index in [0.29, 0.717) is 37.1 Å². The van der Waals surface area contributed by atoms with Gasteiger partial charge in [-0.05, 0) is 48.4 Å². The predicted octanol–water partition coefficient (Wildman–Crippen LogP) is 3.78. The van der Waals surface area contributed by atoms with Gasteiger partial charge in [-0.3, -0.25) is 9.59 Å². The monoisotopic (exact) mass is 438 g/mol. The molecular formula is C26H31FN2O3. The lowest BCUT2D eigenvalue weighted by atomic mass is 9.78. The molecule has 0 bridgehead atoms. The van der Waals surface area contributed by atoms with Crippen LogP contribution in [0.5, 0.6) is 5.75 Å². The standard InChI is InChI=1S/C26H31FN2O3/c1-19(30)28-13-11-20(12-14-28)24-17-29(26(31)15-21-7-5-6-10-25(21)27)16-22(24)18-32-23-8-3-2-4-9-23/h2-10,20,22,24H,11-18H2,1H3/t22-,24-/m0/s1. The molecule has 2 aliphatic heterocycles. The van der Waals surface area contributed by atoms with Crippen LogP contribution >= 0.6 is 0 Å². The predicted molar refractivity (Wildman–Crippen MR) is 121 cm³/mol. The summed E-state index contributed by atoms with van der Waals surface area (Å²) < 4.78 is 20.1. The molecule has 0 aromatic heterocycles. The van der Waals surface area contributed by atoms with Crippen LogP contribution < -0.4 is 4.74 Å². The van der Waals surface area contributed by atoms with Crippen molar-refractivity contribution in [3.63, 3.8) is 0 Å². The van der Waals surface area contributed by atoms with E-state index in [-0.39, 0.29) is 30.0 Å². The number of nitrogens with zero attached hydrogens (tertiary/aromatic N) is 2. The van der Waals surface area contributed by atoms with E-state index in [0.717, 1.165) is 31.7 Å². The Morgan fingerprint density at radius 2 is 1.66 bits per heavy atom. The average molecular weight is 439 g/mol. The second-order valence-electron chi connectivity index (χ2n) is 8.96. The minimum atomic E-state index is -0.336. The molecule has 0 N–H and O–H groups in total. The molecule has 32 heavy (non-hydrogen) atoms. The van der Waals surface area contributed by atoms with Crippen molar-refractivity contribution in [3.05, 3.63) is 66.0 Å². The third kappa shape index (κ3) is 5.29. The number of hydrogen-bond donors (Lipinski definition) is 0. The molecule has 0 aliphatic carbocycles. The van der Waals surface area contributed by atoms with E-state index in [1.54, 1.807) is 25.1 Å². The topological polar surface area (TPSA) is 49.9 Å². The number of para-hydroxylation sites is 1. The highest BCUT2D eigenvalue weighted by Crippen LogP contribution is 2.36. The molecule has 2 aliphatic rings. The van der Waals surface area contributed by atoms with Gasteiger partial charge in [0, 0.05) is 39.0 Å². The van der Waals surface area contributed by atoms with E-state index >= 15 is 0 Å². The Balaban J connectivity index is 1.44. The summed E-state index contributed by atoms with van der Waals surface area (Å²) in [6.07, 6.45) is 1.97. The highest BCUT2D eigenvalue weighted by Gasteiger charge is 2.41. The van der Waals surface area contributed by atoms with Crippen molar-refractivity contribution in [3.8, 4) is 5.75 Å². The summed E-state index contributed by atoms with van der Waals surface area (Å²) in [6.45, 7) is 5.00. The minimum absolute atomic E-state index is 0.0384. The van der Waals surface area contributed by atoms with Gasteiger partial charge in [-0.25, -0.2) is 4.39 Å². The first-order valence-corrected chi connectivity index (χ1v) is 11.5. The minimum Gasteiger partial charge on any atom is -0.493 e. The van der Waals surface area contributed by atoms with Crippen molar-refractivity contribution in [2.75, 3.05) is 32.8 Å². The highest BCUT2D eigenvalue weighted by atomic mass is 19.1. The van der Waals surface area contributed by atoms with Crippen LogP contribution in [0.2, 0.25) is 0 Å². The van der Waals surface area contributed by atoms with Gasteiger partial charge >= 0.3 is 0 Å². The SMILES string of the molecule is CC(=O)N1CCC([C@@H]2CN(C(=O)Cc3ccccc3F)C[C@H]2COc2ccccc2)CC1. The normalized spacial score (nSPS) is 21.6. The first kappa shape index (κ1) is 22.3. The molecule has 4 rings (SSSR count). The lowest BCUT2D eigenvalue weighted by molar-refractivity contribution is -0.130. The highest BCUT2D eigenvalue weighted by molar-refractivity contribution is 5.79. The number of halogens is 1. The molecule has 2 heterocycles. The maximum Gasteiger partial charge on any atom is 0.227 e. The molecule has 0 spiro atoms. The fourth-order valence-corrected chi connectivity index (χ4v) is 5.09. The Labute approximate surface area is 189 Å². The molecule has 6 heteroatoms. The van der Waals surface area contributed by atoms with Gasteiger partial charge in [0.1, 0.15) is 11.6 Å². The van der Waals surface area contributed by atoms with Gasteiger partial charge in [-0.1, -0.05) is 36.4 Å². The molecule has 2 aromatic rings. The lowest BCUT2D eigenvalue weighted by Gasteiger charge is -2.36. The summed E-state index contributed by atoms with van der Waals surface area (Å²) >= 11 is 0. The summed E-state index contributed by atoms with van der Waals surface area (Å²) in [7, 11) is 0. The molecule has 0 unspecified atom stereocenters. The fourth-order valence-electron chi connectivity index (χ4n) is 5.09. The van der Waals surface area contributed by atoms with Crippen LogP contribution in [0.25, 0.3) is 0 Å². The van der Waals surface area contributed by atoms with Gasteiger partial charge in [-0.2, -0.15) is 0 Å². The molecule has 2 amide bonds. The molecule has 2 saturated heterocycles. The van der Waals surface area contributed by atoms with Crippen LogP contribution in [0.15, 0.2) is 54.6 Å². The zero-order chi connectivity index (χ0) is 22.5. The Hall–Kier alpha value is -2.89. The van der Waals surface area contributed by atoms with Crippen LogP contribution in [-0.4, -0.2) is 54.4 Å². The number of hydrogen-bond acceptors (Lipinski definition) is 3. The summed E-state index contributed by atoms with van der Waals surface area (Å²) in [5, 5.41) is 0. The number of rotatable bonds is 6. The van der Waals surface area contributed by atoms with Crippen molar-refractivity contribution in [1.82, 2.24) is 9.80 Å². The van der Waals surface area contributed by atoms with Crippen LogP contribution in [-0.2, 0) is 16.0 Å². The summed E-state index contributed by atoms with van der Waals surface area (Å²) in [6, 6.07) is 16.2. The maximum absolute atomic E-state index is 14.1. The molecule has 2 aromatic carbocycles. The number of ether oxygens (including phenoxy) is 1. The Morgan fingerprint density at radius 3 is 2.34 bits per heavy atom. The van der Waals surface area contributed by atoms with Crippen LogP contribution in [0.4, 0.5) is 4.39 Å². The summed E-state index contributed by atoms with van der Waals surface area (Å²) in [5.41, 5.74) is 0.438. The number of benzene rings is 2. The van der Waals surface area contributed by atoms with Gasteiger partial charge in [0.05, 0.1) is 13.0 Å². The summed E-state index contributed by atoms with van der Waals surface area (Å²) in [5.74, 6) is 1.56. The van der Waals surface area contributed by atoms with Crippen molar-refractivity contribution in [2.24, 2.45) is 17.8 Å². The molecule has 2 fully saturated rings. The van der Waals surface area contributed by atoms with E-state index in [2.05, 4.69) is 0 Å². The zero-order valence-corrected chi connectivity index (χ0v) is 18.6. The third-order valence-electron chi connectivity index (χ3n) is 6.94. The van der Waals surface area contributed by atoms with Gasteiger partial charge in [0.15, 0.2) is 0 Å². The number of carbonyl (C=O) groups is 2. The van der Waals surface area contributed by atoms with Crippen LogP contribution in [0, 0.1) is 23.6 Å². The summed E-state index contributed by atoms with van der Waals surface area (Å²) in [4.78, 5) is 28.5. The van der Waals surface area contributed by atoms with Crippen molar-refractivity contribution in [2.45, 2.75) is 26.2 Å². The van der Waals surface area contributed by atoms with Crippen LogP contribution in [0.1, 0.15) is 25.3 Å². The Kier molecular flexibility index (Phi) is 7.08. The number of amides is 2. The number of piperidine rings is 1. The van der Waals surface area contributed by atoms with Gasteiger partial charge in [0.2, 0.25) is 11.8 Å². The van der Waals surface area contributed by atoms with Gasteiger partial charge in [0.25, 0.3) is 0 Å². The second kappa shape index (κ2) is 10.2. The van der Waals surface area contributed by atoms with Gasteiger partial charge in [-0.15, -0.1) is 0 Å². The lowest BCUT2D eigenvalue weighted by Crippen LogP contribution is -2.40. The molecule has 2 atom stereocenters. The van der Waals surface area contributed by atoms with Gasteiger partial charge < -0.3 is 14.5 Å². The first-order chi connectivity index (χ1) is 15.5. The van der Waals surface area contributed by atoms with Crippen molar-refractivity contribution in [1.29, 1.82) is 0 Å². The number of carbonyl (C=O) groups excluding carboxylic acids is 2. The quantitative estimate of drug-likeness (QED) is 0.690. The fraction of sp³-hybridized carbons (Fsp3) is 0.462. The Morgan fingerprint density at radius 1 is 0.969 bits per heavy atom. The van der Waals surface area contributed by atoms with Crippen molar-refractivity contribution < 1.29 is 18.7 Å². The van der Waals surface area contributed by atoms with Crippen LogP contribution in [0.3, 0.4) is 0 Å². The van der Waals surface area contributed by atoms with Crippen molar-refractivity contribution >= 4 is 11.8 Å². The first-order valence-electron chi connectivity index (χ1n) is 11.5. The molecule has 0 radical (unpaired) electrons. The third-order valence-corrected chi connectivity index (χ3v) is 6.94. The number of likely N-dealkylation sites (tertiary alicyclic amines) is 2. The molecule has 0 saturated carbocycles. The zero-order valence-electron chi connectivity index (χ0n) is 18.6. The molecule has 170 valence electrons.